The first-order chi connectivity index (χ1) is 17.1. The average molecular weight is 497 g/mol. The molecule has 3 heteroatoms. The van der Waals surface area contributed by atoms with Crippen LogP contribution in [-0.2, 0) is 4.74 Å². The van der Waals surface area contributed by atoms with Gasteiger partial charge < -0.3 is 16.2 Å². The number of unbranched alkanes of at least 4 members (excludes halogenated alkanes) is 15. The van der Waals surface area contributed by atoms with Gasteiger partial charge in [0.25, 0.3) is 0 Å². The lowest BCUT2D eigenvalue weighted by Crippen LogP contribution is -2.07. The van der Waals surface area contributed by atoms with Crippen LogP contribution in [0.5, 0.6) is 0 Å². The number of rotatable bonds is 26. The molecule has 212 valence electrons. The summed E-state index contributed by atoms with van der Waals surface area (Å²) in [5, 5.41) is 0. The van der Waals surface area contributed by atoms with Gasteiger partial charge in [0, 0.05) is 18.9 Å². The van der Waals surface area contributed by atoms with Crippen molar-refractivity contribution in [2.45, 2.75) is 169 Å². The summed E-state index contributed by atoms with van der Waals surface area (Å²) in [6.45, 7) is 11.6. The molecule has 0 spiro atoms. The number of hydrogen-bond donors (Lipinski definition) is 2. The molecule has 1 atom stereocenters. The molecular formula is C32H68N2O. The Labute approximate surface area is 222 Å². The molecule has 0 aliphatic rings. The maximum absolute atomic E-state index is 5.94. The van der Waals surface area contributed by atoms with Crippen LogP contribution in [0, 0.1) is 5.92 Å². The summed E-state index contributed by atoms with van der Waals surface area (Å²) in [6.07, 6.45) is 31.6. The molecule has 3 nitrogen and oxygen atoms in total. The van der Waals surface area contributed by atoms with Gasteiger partial charge in [0.1, 0.15) is 0 Å². The Balaban J connectivity index is 0. The molecule has 0 heterocycles. The molecule has 0 fully saturated rings. The molecule has 0 rings (SSSR count). The van der Waals surface area contributed by atoms with E-state index in [-0.39, 0.29) is 0 Å². The van der Waals surface area contributed by atoms with Gasteiger partial charge >= 0.3 is 0 Å². The standard InChI is InChI=1S/C18H37N.C14H31NO/c1-3-5-7-8-9-10-11-12-13-14-15-17-18(19)16-6-4-2;1-3-4-5-6-7-9-14(2)10-13-16-12-8-11-15/h16H,3-15,17,19H2,1-2H3;14H,3-13,15H2,1-2H3/b18-16-;. The van der Waals surface area contributed by atoms with E-state index in [0.717, 1.165) is 50.6 Å². The fourth-order valence-electron chi connectivity index (χ4n) is 4.24. The number of allylic oxidation sites excluding steroid dienone is 2. The van der Waals surface area contributed by atoms with Gasteiger partial charge in [-0.1, -0.05) is 143 Å². The van der Waals surface area contributed by atoms with Gasteiger partial charge in [0.05, 0.1) is 0 Å². The van der Waals surface area contributed by atoms with Crippen molar-refractivity contribution < 1.29 is 4.74 Å². The Bertz CT molecular complexity index is 383. The fraction of sp³-hybridized carbons (Fsp3) is 0.938. The second-order valence-corrected chi connectivity index (χ2v) is 10.7. The predicted molar refractivity (Wildman–Crippen MR) is 160 cm³/mol. The average Bonchev–Trinajstić information content (AvgIpc) is 2.86. The van der Waals surface area contributed by atoms with Crippen LogP contribution in [0.25, 0.3) is 0 Å². The van der Waals surface area contributed by atoms with Crippen molar-refractivity contribution in [3.8, 4) is 0 Å². The fourth-order valence-corrected chi connectivity index (χ4v) is 4.24. The SMILES string of the molecule is CCC/C=C(\N)CCCCCCCCCCCCC.CCCCCCCC(C)CCOCCCN. The van der Waals surface area contributed by atoms with E-state index in [1.54, 1.807) is 0 Å². The van der Waals surface area contributed by atoms with E-state index in [4.69, 9.17) is 16.2 Å². The van der Waals surface area contributed by atoms with E-state index in [1.165, 1.54) is 122 Å². The number of nitrogens with two attached hydrogens (primary N) is 2. The quantitative estimate of drug-likeness (QED) is 0.117. The van der Waals surface area contributed by atoms with Gasteiger partial charge in [-0.25, -0.2) is 0 Å². The smallest absolute Gasteiger partial charge is 0.0478 e. The van der Waals surface area contributed by atoms with Crippen LogP contribution in [0.3, 0.4) is 0 Å². The number of ether oxygens (including phenoxy) is 1. The van der Waals surface area contributed by atoms with Gasteiger partial charge in [-0.3, -0.25) is 0 Å². The first-order valence-corrected chi connectivity index (χ1v) is 15.8. The molecule has 35 heavy (non-hydrogen) atoms. The summed E-state index contributed by atoms with van der Waals surface area (Å²) in [5.74, 6) is 0.819. The predicted octanol–water partition coefficient (Wildman–Crippen LogP) is 10.1. The largest absolute Gasteiger partial charge is 0.402 e. The molecule has 0 aliphatic heterocycles. The Hall–Kier alpha value is -0.540. The lowest BCUT2D eigenvalue weighted by Gasteiger charge is -2.11. The van der Waals surface area contributed by atoms with Crippen LogP contribution in [-0.4, -0.2) is 19.8 Å². The maximum atomic E-state index is 5.94. The summed E-state index contributed by atoms with van der Waals surface area (Å²) in [6, 6.07) is 0. The van der Waals surface area contributed by atoms with E-state index in [0.29, 0.717) is 0 Å². The van der Waals surface area contributed by atoms with Crippen LogP contribution >= 0.6 is 0 Å². The molecule has 0 radical (unpaired) electrons. The third kappa shape index (κ3) is 35.7. The lowest BCUT2D eigenvalue weighted by molar-refractivity contribution is 0.119. The Morgan fingerprint density at radius 1 is 0.629 bits per heavy atom. The zero-order valence-corrected chi connectivity index (χ0v) is 24.9. The molecule has 0 aliphatic carbocycles. The van der Waals surface area contributed by atoms with Crippen LogP contribution in [0.1, 0.15) is 169 Å². The van der Waals surface area contributed by atoms with E-state index < -0.39 is 0 Å². The highest BCUT2D eigenvalue weighted by atomic mass is 16.5. The van der Waals surface area contributed by atoms with Gasteiger partial charge in [-0.2, -0.15) is 0 Å². The van der Waals surface area contributed by atoms with Crippen molar-refractivity contribution in [1.82, 2.24) is 0 Å². The molecule has 0 bridgehead atoms. The molecule has 0 aromatic rings. The molecule has 0 saturated carbocycles. The van der Waals surface area contributed by atoms with E-state index >= 15 is 0 Å². The lowest BCUT2D eigenvalue weighted by atomic mass is 10.00. The molecular weight excluding hydrogens is 428 g/mol. The van der Waals surface area contributed by atoms with Crippen LogP contribution in [0.15, 0.2) is 11.8 Å². The summed E-state index contributed by atoms with van der Waals surface area (Å²) in [5.41, 5.74) is 12.4. The van der Waals surface area contributed by atoms with Crippen molar-refractivity contribution in [1.29, 1.82) is 0 Å². The highest BCUT2D eigenvalue weighted by molar-refractivity contribution is 4.95. The molecule has 1 unspecified atom stereocenters. The van der Waals surface area contributed by atoms with Crippen molar-refractivity contribution in [3.63, 3.8) is 0 Å². The van der Waals surface area contributed by atoms with E-state index in [2.05, 4.69) is 33.8 Å². The first-order valence-electron chi connectivity index (χ1n) is 15.8. The summed E-state index contributed by atoms with van der Waals surface area (Å²) in [4.78, 5) is 0. The molecule has 0 saturated heterocycles. The Kier molecular flexibility index (Phi) is 35.0. The van der Waals surface area contributed by atoms with Gasteiger partial charge in [-0.15, -0.1) is 0 Å². The van der Waals surface area contributed by atoms with E-state index in [9.17, 15) is 0 Å². The minimum atomic E-state index is 0.743. The van der Waals surface area contributed by atoms with Crippen molar-refractivity contribution in [2.24, 2.45) is 17.4 Å². The second kappa shape index (κ2) is 33.5. The van der Waals surface area contributed by atoms with Crippen molar-refractivity contribution in [2.75, 3.05) is 19.8 Å². The highest BCUT2D eigenvalue weighted by Crippen LogP contribution is 2.15. The topological polar surface area (TPSA) is 61.3 Å². The Morgan fingerprint density at radius 2 is 1.14 bits per heavy atom. The first kappa shape index (κ1) is 36.6. The highest BCUT2D eigenvalue weighted by Gasteiger charge is 2.01. The third-order valence-corrected chi connectivity index (χ3v) is 6.81. The minimum Gasteiger partial charge on any atom is -0.402 e. The van der Waals surface area contributed by atoms with Crippen LogP contribution in [0.4, 0.5) is 0 Å². The summed E-state index contributed by atoms with van der Waals surface area (Å²) in [7, 11) is 0. The molecule has 4 N–H and O–H groups in total. The van der Waals surface area contributed by atoms with Crippen molar-refractivity contribution >= 4 is 0 Å². The molecule has 0 aromatic carbocycles. The van der Waals surface area contributed by atoms with Crippen LogP contribution < -0.4 is 11.5 Å². The Morgan fingerprint density at radius 3 is 1.66 bits per heavy atom. The third-order valence-electron chi connectivity index (χ3n) is 6.81. The van der Waals surface area contributed by atoms with Crippen LogP contribution in [0.2, 0.25) is 0 Å². The molecule has 0 aromatic heterocycles. The molecule has 0 amide bonds. The summed E-state index contributed by atoms with van der Waals surface area (Å²) >= 11 is 0. The van der Waals surface area contributed by atoms with Gasteiger partial charge in [0.2, 0.25) is 0 Å². The van der Waals surface area contributed by atoms with Crippen molar-refractivity contribution in [3.05, 3.63) is 11.8 Å². The van der Waals surface area contributed by atoms with Gasteiger partial charge in [-0.05, 0) is 44.6 Å². The minimum absolute atomic E-state index is 0.743. The maximum Gasteiger partial charge on any atom is 0.0478 e. The zero-order valence-electron chi connectivity index (χ0n) is 24.9. The van der Waals surface area contributed by atoms with E-state index in [1.807, 2.05) is 0 Å². The van der Waals surface area contributed by atoms with Gasteiger partial charge in [0.15, 0.2) is 0 Å². The monoisotopic (exact) mass is 497 g/mol. The number of hydrogen-bond acceptors (Lipinski definition) is 3. The normalized spacial score (nSPS) is 12.4. The second-order valence-electron chi connectivity index (χ2n) is 10.7. The zero-order chi connectivity index (χ0) is 26.2. The summed E-state index contributed by atoms with van der Waals surface area (Å²) < 4.78 is 5.51.